The fraction of sp³-hybridized carbons (Fsp3) is 0.435. The van der Waals surface area contributed by atoms with E-state index in [0.29, 0.717) is 13.0 Å². The summed E-state index contributed by atoms with van der Waals surface area (Å²) < 4.78 is 5.79. The lowest BCUT2D eigenvalue weighted by Gasteiger charge is -2.35. The highest BCUT2D eigenvalue weighted by atomic mass is 35.5. The molecule has 0 bridgehead atoms. The lowest BCUT2D eigenvalue weighted by atomic mass is 10.1. The van der Waals surface area contributed by atoms with E-state index in [9.17, 15) is 4.79 Å². The van der Waals surface area contributed by atoms with Crippen LogP contribution in [0.2, 0.25) is 0 Å². The molecule has 0 saturated carbocycles. The highest BCUT2D eigenvalue weighted by molar-refractivity contribution is 5.85. The average Bonchev–Trinajstić information content (AvgIpc) is 2.67. The highest BCUT2D eigenvalue weighted by Crippen LogP contribution is 2.15. The first-order chi connectivity index (χ1) is 13.5. The first-order valence-corrected chi connectivity index (χ1v) is 10.0. The van der Waals surface area contributed by atoms with E-state index in [2.05, 4.69) is 48.3 Å². The number of ether oxygens (including phenoxy) is 1. The molecule has 1 amide bonds. The first kappa shape index (κ1) is 26.4. The Bertz CT molecular complexity index is 749. The summed E-state index contributed by atoms with van der Waals surface area (Å²) in [6, 6.07) is 17.7. The molecule has 7 heteroatoms. The monoisotopic (exact) mass is 453 g/mol. The van der Waals surface area contributed by atoms with E-state index in [1.54, 1.807) is 0 Å². The van der Waals surface area contributed by atoms with Crippen molar-refractivity contribution < 1.29 is 9.53 Å². The topological polar surface area (TPSA) is 67.6 Å². The summed E-state index contributed by atoms with van der Waals surface area (Å²) in [5.74, 6) is -0.121. The normalized spacial score (nSPS) is 19.8. The Hall–Kier alpha value is -1.63. The number of nitrogens with zero attached hydrogens (tertiary/aromatic N) is 1. The van der Waals surface area contributed by atoms with Crippen molar-refractivity contribution in [2.75, 3.05) is 13.1 Å². The van der Waals surface area contributed by atoms with Crippen LogP contribution in [0.5, 0.6) is 0 Å². The predicted molar refractivity (Wildman–Crippen MR) is 126 cm³/mol. The molecule has 0 aliphatic carbocycles. The molecule has 2 aromatic carbocycles. The van der Waals surface area contributed by atoms with E-state index in [4.69, 9.17) is 10.5 Å². The molecule has 3 unspecified atom stereocenters. The molecule has 0 aromatic heterocycles. The lowest BCUT2D eigenvalue weighted by molar-refractivity contribution is -0.122. The molecule has 0 spiro atoms. The van der Waals surface area contributed by atoms with Crippen LogP contribution in [0.3, 0.4) is 0 Å². The summed E-state index contributed by atoms with van der Waals surface area (Å²) in [5.41, 5.74) is 9.46. The highest BCUT2D eigenvalue weighted by Gasteiger charge is 2.22. The van der Waals surface area contributed by atoms with Crippen molar-refractivity contribution in [2.24, 2.45) is 5.73 Å². The van der Waals surface area contributed by atoms with Gasteiger partial charge >= 0.3 is 0 Å². The summed E-state index contributed by atoms with van der Waals surface area (Å²) in [6.45, 7) is 7.58. The molecule has 1 heterocycles. The number of nitrogens with one attached hydrogen (secondary N) is 1. The number of hydrogen-bond donors (Lipinski definition) is 2. The number of carbonyl (C=O) groups excluding carboxylic acids is 1. The second-order valence-electron chi connectivity index (χ2n) is 7.78. The van der Waals surface area contributed by atoms with E-state index in [1.807, 2.05) is 30.3 Å². The molecule has 1 saturated heterocycles. The number of carbonyl (C=O) groups is 1. The fourth-order valence-electron chi connectivity index (χ4n) is 3.72. The first-order valence-electron chi connectivity index (χ1n) is 10.0. The maximum Gasteiger partial charge on any atom is 0.237 e. The van der Waals surface area contributed by atoms with E-state index in [0.717, 1.165) is 30.8 Å². The maximum atomic E-state index is 12.3. The second-order valence-corrected chi connectivity index (χ2v) is 7.78. The SMILES string of the molecule is CC1CN(Cc2ccc(CNC(=O)C(N)Cc3ccccc3)cc2)CC(C)O1.Cl.Cl. The number of amides is 1. The zero-order valence-corrected chi connectivity index (χ0v) is 19.3. The fourth-order valence-corrected chi connectivity index (χ4v) is 3.72. The Morgan fingerprint density at radius 2 is 1.57 bits per heavy atom. The molecule has 0 radical (unpaired) electrons. The minimum absolute atomic E-state index is 0. The minimum atomic E-state index is -0.535. The van der Waals surface area contributed by atoms with Gasteiger partial charge in [0.1, 0.15) is 0 Å². The summed E-state index contributed by atoms with van der Waals surface area (Å²) in [4.78, 5) is 14.7. The molecule has 3 N–H and O–H groups in total. The summed E-state index contributed by atoms with van der Waals surface area (Å²) >= 11 is 0. The van der Waals surface area contributed by atoms with Gasteiger partial charge < -0.3 is 15.8 Å². The van der Waals surface area contributed by atoms with Crippen molar-refractivity contribution in [3.05, 3.63) is 71.3 Å². The van der Waals surface area contributed by atoms with Gasteiger partial charge in [-0.25, -0.2) is 0 Å². The van der Waals surface area contributed by atoms with Gasteiger partial charge in [-0.15, -0.1) is 24.8 Å². The van der Waals surface area contributed by atoms with Crippen molar-refractivity contribution in [3.63, 3.8) is 0 Å². The number of hydrogen-bond acceptors (Lipinski definition) is 4. The van der Waals surface area contributed by atoms with Crippen LogP contribution in [0.4, 0.5) is 0 Å². The van der Waals surface area contributed by atoms with E-state index in [-0.39, 0.29) is 42.9 Å². The summed E-state index contributed by atoms with van der Waals surface area (Å²) in [7, 11) is 0. The second kappa shape index (κ2) is 12.9. The van der Waals surface area contributed by atoms with Gasteiger partial charge in [0.25, 0.3) is 0 Å². The van der Waals surface area contributed by atoms with Crippen LogP contribution in [0.15, 0.2) is 54.6 Å². The van der Waals surface area contributed by atoms with Gasteiger partial charge in [0.15, 0.2) is 0 Å². The Morgan fingerprint density at radius 1 is 1.00 bits per heavy atom. The van der Waals surface area contributed by atoms with Gasteiger partial charge in [-0.1, -0.05) is 54.6 Å². The predicted octanol–water partition coefficient (Wildman–Crippen LogP) is 3.33. The van der Waals surface area contributed by atoms with Crippen LogP contribution >= 0.6 is 24.8 Å². The molecule has 1 aliphatic rings. The third kappa shape index (κ3) is 8.25. The third-order valence-electron chi connectivity index (χ3n) is 5.03. The van der Waals surface area contributed by atoms with Crippen LogP contribution in [0, 0.1) is 0 Å². The van der Waals surface area contributed by atoms with Crippen molar-refractivity contribution in [2.45, 2.75) is 51.6 Å². The van der Waals surface area contributed by atoms with Gasteiger partial charge in [0.2, 0.25) is 5.91 Å². The van der Waals surface area contributed by atoms with Gasteiger partial charge in [-0.3, -0.25) is 9.69 Å². The Balaban J connectivity index is 0.00000225. The van der Waals surface area contributed by atoms with Gasteiger partial charge in [-0.05, 0) is 37.0 Å². The van der Waals surface area contributed by atoms with E-state index in [1.165, 1.54) is 5.56 Å². The van der Waals surface area contributed by atoms with Crippen LogP contribution in [0.1, 0.15) is 30.5 Å². The third-order valence-corrected chi connectivity index (χ3v) is 5.03. The van der Waals surface area contributed by atoms with Gasteiger partial charge in [0, 0.05) is 26.2 Å². The van der Waals surface area contributed by atoms with Gasteiger partial charge in [0.05, 0.1) is 18.2 Å². The molecule has 3 rings (SSSR count). The number of halogens is 2. The number of rotatable bonds is 7. The van der Waals surface area contributed by atoms with E-state index >= 15 is 0 Å². The summed E-state index contributed by atoms with van der Waals surface area (Å²) in [5, 5.41) is 2.94. The van der Waals surface area contributed by atoms with Crippen LogP contribution in [-0.2, 0) is 29.0 Å². The van der Waals surface area contributed by atoms with Crippen molar-refractivity contribution in [3.8, 4) is 0 Å². The summed E-state index contributed by atoms with van der Waals surface area (Å²) in [6.07, 6.45) is 1.10. The van der Waals surface area contributed by atoms with Gasteiger partial charge in [-0.2, -0.15) is 0 Å². The smallest absolute Gasteiger partial charge is 0.237 e. The molecule has 1 fully saturated rings. The molecule has 5 nitrogen and oxygen atoms in total. The molecule has 30 heavy (non-hydrogen) atoms. The molecular formula is C23H33Cl2N3O2. The van der Waals surface area contributed by atoms with Crippen molar-refractivity contribution >= 4 is 30.7 Å². The Kier molecular flexibility index (Phi) is 11.4. The molecule has 166 valence electrons. The van der Waals surface area contributed by atoms with Crippen LogP contribution < -0.4 is 11.1 Å². The Labute approximate surface area is 192 Å². The van der Waals surface area contributed by atoms with E-state index < -0.39 is 6.04 Å². The van der Waals surface area contributed by atoms with Crippen molar-refractivity contribution in [1.82, 2.24) is 10.2 Å². The van der Waals surface area contributed by atoms with Crippen LogP contribution in [0.25, 0.3) is 0 Å². The maximum absolute atomic E-state index is 12.3. The molecule has 1 aliphatic heterocycles. The zero-order valence-electron chi connectivity index (χ0n) is 17.6. The number of nitrogens with two attached hydrogens (primary N) is 1. The molecular weight excluding hydrogens is 421 g/mol. The lowest BCUT2D eigenvalue weighted by Crippen LogP contribution is -2.44. The minimum Gasteiger partial charge on any atom is -0.373 e. The number of morpholine rings is 1. The quantitative estimate of drug-likeness (QED) is 0.674. The number of benzene rings is 2. The Morgan fingerprint density at radius 3 is 2.17 bits per heavy atom. The van der Waals surface area contributed by atoms with Crippen LogP contribution in [-0.4, -0.2) is 42.1 Å². The molecule has 2 aromatic rings. The zero-order chi connectivity index (χ0) is 19.9. The van der Waals surface area contributed by atoms with Crippen molar-refractivity contribution in [1.29, 1.82) is 0 Å². The average molecular weight is 454 g/mol. The molecule has 3 atom stereocenters. The largest absolute Gasteiger partial charge is 0.373 e. The standard InChI is InChI=1S/C23H31N3O2.2ClH/c1-17-14-26(15-18(2)28-17)16-21-10-8-20(9-11-21)13-25-23(27)22(24)12-19-6-4-3-5-7-19;;/h3-11,17-18,22H,12-16,24H2,1-2H3,(H,25,27);2*1H.